The standard InChI is InChI=1S/C21H18N4O3/c1-12-2-3-15(11-22-12)21-23-20(24-28-21)14-5-4-13-8-16-6-7-17(10-19(26)27)25(16)18(13)9-14/h2-5,8-9,11,17H,6-7,10H2,1H3,(H,26,27). The van der Waals surface area contributed by atoms with Gasteiger partial charge in [-0.05, 0) is 49.4 Å². The van der Waals surface area contributed by atoms with Gasteiger partial charge >= 0.3 is 5.97 Å². The van der Waals surface area contributed by atoms with Crippen molar-refractivity contribution in [3.63, 3.8) is 0 Å². The number of carbonyl (C=O) groups is 1. The van der Waals surface area contributed by atoms with E-state index in [4.69, 9.17) is 4.52 Å². The predicted octanol–water partition coefficient (Wildman–Crippen LogP) is 4.02. The lowest BCUT2D eigenvalue weighted by Crippen LogP contribution is -2.09. The van der Waals surface area contributed by atoms with Crippen LogP contribution in [-0.4, -0.2) is 30.8 Å². The summed E-state index contributed by atoms with van der Waals surface area (Å²) in [7, 11) is 0. The fourth-order valence-corrected chi connectivity index (χ4v) is 3.93. The fourth-order valence-electron chi connectivity index (χ4n) is 3.93. The number of benzene rings is 1. The smallest absolute Gasteiger partial charge is 0.305 e. The van der Waals surface area contributed by atoms with E-state index in [1.807, 2.05) is 37.3 Å². The molecule has 1 unspecified atom stereocenters. The summed E-state index contributed by atoms with van der Waals surface area (Å²) in [6.07, 6.45) is 3.60. The molecule has 140 valence electrons. The van der Waals surface area contributed by atoms with E-state index in [0.717, 1.165) is 40.6 Å². The molecule has 0 fully saturated rings. The normalized spacial score (nSPS) is 15.8. The number of hydrogen-bond donors (Lipinski definition) is 1. The molecule has 0 saturated carbocycles. The van der Waals surface area contributed by atoms with Gasteiger partial charge in [0.15, 0.2) is 0 Å². The van der Waals surface area contributed by atoms with Crippen molar-refractivity contribution in [3.8, 4) is 22.8 Å². The summed E-state index contributed by atoms with van der Waals surface area (Å²) in [6, 6.07) is 11.9. The number of fused-ring (bicyclic) bond motifs is 3. The van der Waals surface area contributed by atoms with Crippen LogP contribution in [-0.2, 0) is 11.2 Å². The van der Waals surface area contributed by atoms with Crippen LogP contribution in [0, 0.1) is 6.92 Å². The first kappa shape index (κ1) is 16.7. The average Bonchev–Trinajstić information content (AvgIpc) is 3.38. The van der Waals surface area contributed by atoms with Crippen molar-refractivity contribution in [2.24, 2.45) is 0 Å². The lowest BCUT2D eigenvalue weighted by molar-refractivity contribution is -0.137. The van der Waals surface area contributed by atoms with Gasteiger partial charge in [0, 0.05) is 34.7 Å². The second-order valence-corrected chi connectivity index (χ2v) is 7.18. The molecule has 4 aromatic rings. The molecule has 4 heterocycles. The van der Waals surface area contributed by atoms with Gasteiger partial charge in [0.25, 0.3) is 5.89 Å². The van der Waals surface area contributed by atoms with Crippen LogP contribution in [0.2, 0.25) is 0 Å². The van der Waals surface area contributed by atoms with Crippen molar-refractivity contribution in [1.29, 1.82) is 0 Å². The first-order valence-corrected chi connectivity index (χ1v) is 9.21. The molecule has 3 aromatic heterocycles. The van der Waals surface area contributed by atoms with Gasteiger partial charge in [-0.1, -0.05) is 17.3 Å². The lowest BCUT2D eigenvalue weighted by Gasteiger charge is -2.13. The third-order valence-corrected chi connectivity index (χ3v) is 5.27. The molecule has 0 bridgehead atoms. The number of pyridine rings is 1. The van der Waals surface area contributed by atoms with Crippen LogP contribution in [0.25, 0.3) is 33.7 Å². The van der Waals surface area contributed by atoms with E-state index in [1.54, 1.807) is 6.20 Å². The van der Waals surface area contributed by atoms with Gasteiger partial charge in [0.2, 0.25) is 5.82 Å². The molecule has 5 rings (SSSR count). The van der Waals surface area contributed by atoms with Crippen LogP contribution < -0.4 is 0 Å². The van der Waals surface area contributed by atoms with Gasteiger partial charge in [-0.15, -0.1) is 0 Å². The molecular weight excluding hydrogens is 356 g/mol. The number of aryl methyl sites for hydroxylation is 2. The monoisotopic (exact) mass is 374 g/mol. The van der Waals surface area contributed by atoms with E-state index in [9.17, 15) is 9.90 Å². The van der Waals surface area contributed by atoms with Crippen molar-refractivity contribution in [2.75, 3.05) is 0 Å². The number of hydrogen-bond acceptors (Lipinski definition) is 5. The summed E-state index contributed by atoms with van der Waals surface area (Å²) in [5.74, 6) is 0.151. The second kappa shape index (κ2) is 6.30. The zero-order valence-electron chi connectivity index (χ0n) is 15.3. The number of aliphatic carboxylic acids is 1. The maximum atomic E-state index is 11.2. The molecule has 0 radical (unpaired) electrons. The Balaban J connectivity index is 1.54. The Morgan fingerprint density at radius 1 is 1.25 bits per heavy atom. The van der Waals surface area contributed by atoms with Crippen molar-refractivity contribution in [3.05, 3.63) is 54.0 Å². The zero-order valence-corrected chi connectivity index (χ0v) is 15.3. The minimum absolute atomic E-state index is 0.0142. The lowest BCUT2D eigenvalue weighted by atomic mass is 10.1. The molecule has 1 aliphatic heterocycles. The van der Waals surface area contributed by atoms with E-state index >= 15 is 0 Å². The molecule has 1 N–H and O–H groups in total. The molecule has 1 aromatic carbocycles. The highest BCUT2D eigenvalue weighted by Gasteiger charge is 2.26. The van der Waals surface area contributed by atoms with Crippen LogP contribution in [0.15, 0.2) is 47.1 Å². The molecule has 7 nitrogen and oxygen atoms in total. The van der Waals surface area contributed by atoms with Gasteiger partial charge < -0.3 is 14.2 Å². The quantitative estimate of drug-likeness (QED) is 0.580. The number of nitrogens with zero attached hydrogens (tertiary/aromatic N) is 4. The average molecular weight is 374 g/mol. The first-order chi connectivity index (χ1) is 13.6. The minimum Gasteiger partial charge on any atom is -0.481 e. The Morgan fingerprint density at radius 3 is 2.89 bits per heavy atom. The summed E-state index contributed by atoms with van der Waals surface area (Å²) in [5, 5.41) is 14.4. The minimum atomic E-state index is -0.773. The van der Waals surface area contributed by atoms with Crippen molar-refractivity contribution < 1.29 is 14.4 Å². The summed E-state index contributed by atoms with van der Waals surface area (Å²) >= 11 is 0. The summed E-state index contributed by atoms with van der Waals surface area (Å²) in [5.41, 5.74) is 4.73. The molecule has 0 spiro atoms. The predicted molar refractivity (Wildman–Crippen MR) is 103 cm³/mol. The first-order valence-electron chi connectivity index (χ1n) is 9.21. The van der Waals surface area contributed by atoms with Crippen LogP contribution in [0.3, 0.4) is 0 Å². The van der Waals surface area contributed by atoms with Gasteiger partial charge in [-0.25, -0.2) is 0 Å². The second-order valence-electron chi connectivity index (χ2n) is 7.18. The highest BCUT2D eigenvalue weighted by atomic mass is 16.5. The SMILES string of the molecule is Cc1ccc(-c2nc(-c3ccc4cc5n(c4c3)C(CC(=O)O)CC5)no2)cn1. The van der Waals surface area contributed by atoms with Crippen LogP contribution in [0.5, 0.6) is 0 Å². The highest BCUT2D eigenvalue weighted by molar-refractivity contribution is 5.86. The third kappa shape index (κ3) is 2.76. The molecule has 0 amide bonds. The van der Waals surface area contributed by atoms with Crippen LogP contribution in [0.1, 0.15) is 30.3 Å². The van der Waals surface area contributed by atoms with Crippen molar-refractivity contribution in [2.45, 2.75) is 32.2 Å². The van der Waals surface area contributed by atoms with Crippen LogP contribution in [0.4, 0.5) is 0 Å². The van der Waals surface area contributed by atoms with Gasteiger partial charge in [-0.3, -0.25) is 9.78 Å². The highest BCUT2D eigenvalue weighted by Crippen LogP contribution is 2.36. The largest absolute Gasteiger partial charge is 0.481 e. The molecule has 28 heavy (non-hydrogen) atoms. The van der Waals surface area contributed by atoms with Gasteiger partial charge in [0.05, 0.1) is 12.0 Å². The molecule has 0 aliphatic carbocycles. The number of aromatic nitrogens is 4. The molecule has 1 aliphatic rings. The Labute approximate surface area is 160 Å². The molecule has 1 atom stereocenters. The van der Waals surface area contributed by atoms with Gasteiger partial charge in [-0.2, -0.15) is 4.98 Å². The Hall–Kier alpha value is -3.48. The van der Waals surface area contributed by atoms with Gasteiger partial charge in [0.1, 0.15) is 0 Å². The maximum Gasteiger partial charge on any atom is 0.305 e. The van der Waals surface area contributed by atoms with Crippen molar-refractivity contribution >= 4 is 16.9 Å². The number of rotatable bonds is 4. The third-order valence-electron chi connectivity index (χ3n) is 5.27. The Bertz CT molecular complexity index is 1190. The van der Waals surface area contributed by atoms with Crippen molar-refractivity contribution in [1.82, 2.24) is 19.7 Å². The fraction of sp³-hybridized carbons (Fsp3) is 0.238. The summed E-state index contributed by atoms with van der Waals surface area (Å²) < 4.78 is 7.57. The zero-order chi connectivity index (χ0) is 19.3. The summed E-state index contributed by atoms with van der Waals surface area (Å²) in [4.78, 5) is 20.0. The molecule has 7 heteroatoms. The van der Waals surface area contributed by atoms with E-state index in [-0.39, 0.29) is 12.5 Å². The Morgan fingerprint density at radius 2 is 2.11 bits per heavy atom. The Kier molecular flexibility index (Phi) is 3.75. The molecule has 0 saturated heterocycles. The van der Waals surface area contributed by atoms with Crippen LogP contribution >= 0.6 is 0 Å². The molecular formula is C21H18N4O3. The number of carboxylic acid groups (broad SMARTS) is 1. The van der Waals surface area contributed by atoms with E-state index in [0.29, 0.717) is 11.7 Å². The maximum absolute atomic E-state index is 11.2. The topological polar surface area (TPSA) is 94.0 Å². The van der Waals surface area contributed by atoms with E-state index in [2.05, 4.69) is 25.8 Å². The van der Waals surface area contributed by atoms with E-state index < -0.39 is 5.97 Å². The number of carboxylic acids is 1. The van der Waals surface area contributed by atoms with E-state index in [1.165, 1.54) is 5.69 Å². The summed E-state index contributed by atoms with van der Waals surface area (Å²) in [6.45, 7) is 1.92.